The van der Waals surface area contributed by atoms with Gasteiger partial charge in [0.2, 0.25) is 10.0 Å². The standard InChI is InChI=1S/C20H19NO3S2/c1-24-18-11-5-4-10-17(18)20-21(13-14-25-20)26(22,23)19-12-6-8-15-7-2-3-9-16(15)19/h2-12,20H,13-14H2,1H3/t20-/m1/s1. The summed E-state index contributed by atoms with van der Waals surface area (Å²) < 4.78 is 34.1. The Morgan fingerprint density at radius 2 is 1.73 bits per heavy atom. The molecule has 134 valence electrons. The lowest BCUT2D eigenvalue weighted by atomic mass is 10.1. The maximum absolute atomic E-state index is 13.5. The third-order valence-corrected chi connectivity index (χ3v) is 7.89. The second-order valence-corrected chi connectivity index (χ2v) is 9.11. The third kappa shape index (κ3) is 2.88. The summed E-state index contributed by atoms with van der Waals surface area (Å²) in [5, 5.41) is 1.40. The quantitative estimate of drug-likeness (QED) is 0.672. The van der Waals surface area contributed by atoms with Crippen molar-refractivity contribution in [3.8, 4) is 5.75 Å². The summed E-state index contributed by atoms with van der Waals surface area (Å²) in [7, 11) is -2.02. The minimum atomic E-state index is -3.63. The van der Waals surface area contributed by atoms with Crippen molar-refractivity contribution < 1.29 is 13.2 Å². The highest BCUT2D eigenvalue weighted by molar-refractivity contribution is 8.01. The van der Waals surface area contributed by atoms with E-state index in [4.69, 9.17) is 4.74 Å². The molecule has 0 spiro atoms. The number of fused-ring (bicyclic) bond motifs is 1. The Bertz CT molecular complexity index is 1040. The van der Waals surface area contributed by atoms with E-state index in [1.807, 2.05) is 54.6 Å². The van der Waals surface area contributed by atoms with Crippen LogP contribution in [-0.4, -0.2) is 32.1 Å². The Kier molecular flexibility index (Phi) is 4.65. The Balaban J connectivity index is 1.82. The van der Waals surface area contributed by atoms with E-state index in [1.165, 1.54) is 0 Å². The van der Waals surface area contributed by atoms with Gasteiger partial charge in [-0.15, -0.1) is 11.8 Å². The number of benzene rings is 3. The number of methoxy groups -OCH3 is 1. The van der Waals surface area contributed by atoms with E-state index in [9.17, 15) is 8.42 Å². The van der Waals surface area contributed by atoms with Crippen LogP contribution in [0.15, 0.2) is 71.6 Å². The van der Waals surface area contributed by atoms with Gasteiger partial charge in [-0.3, -0.25) is 0 Å². The van der Waals surface area contributed by atoms with Gasteiger partial charge < -0.3 is 4.74 Å². The summed E-state index contributed by atoms with van der Waals surface area (Å²) in [6, 6.07) is 20.6. The third-order valence-electron chi connectivity index (χ3n) is 4.59. The number of para-hydroxylation sites is 1. The van der Waals surface area contributed by atoms with Gasteiger partial charge in [0.15, 0.2) is 0 Å². The molecule has 0 bridgehead atoms. The average molecular weight is 386 g/mol. The van der Waals surface area contributed by atoms with Crippen molar-refractivity contribution in [1.29, 1.82) is 0 Å². The monoisotopic (exact) mass is 385 g/mol. The van der Waals surface area contributed by atoms with Gasteiger partial charge in [-0.2, -0.15) is 4.31 Å². The normalized spacial score (nSPS) is 18.3. The van der Waals surface area contributed by atoms with Gasteiger partial charge in [0.05, 0.1) is 17.4 Å². The molecule has 0 aliphatic carbocycles. The molecule has 0 aromatic heterocycles. The van der Waals surface area contributed by atoms with Crippen molar-refractivity contribution in [3.63, 3.8) is 0 Å². The summed E-state index contributed by atoms with van der Waals surface area (Å²) in [5.74, 6) is 1.47. The average Bonchev–Trinajstić information content (AvgIpc) is 3.18. The summed E-state index contributed by atoms with van der Waals surface area (Å²) >= 11 is 1.63. The number of ether oxygens (including phenoxy) is 1. The summed E-state index contributed by atoms with van der Waals surface area (Å²) in [5.41, 5.74) is 0.890. The first-order valence-corrected chi connectivity index (χ1v) is 10.9. The largest absolute Gasteiger partial charge is 0.496 e. The van der Waals surface area contributed by atoms with Crippen molar-refractivity contribution in [1.82, 2.24) is 4.31 Å². The van der Waals surface area contributed by atoms with Crippen LogP contribution in [0.1, 0.15) is 10.9 Å². The fourth-order valence-corrected chi connectivity index (χ4v) is 6.84. The van der Waals surface area contributed by atoms with Crippen molar-refractivity contribution in [2.45, 2.75) is 10.3 Å². The van der Waals surface area contributed by atoms with Crippen molar-refractivity contribution >= 4 is 32.6 Å². The lowest BCUT2D eigenvalue weighted by molar-refractivity contribution is 0.390. The topological polar surface area (TPSA) is 46.6 Å². The van der Waals surface area contributed by atoms with Gasteiger partial charge in [0.25, 0.3) is 0 Å². The zero-order chi connectivity index (χ0) is 18.1. The van der Waals surface area contributed by atoms with Crippen molar-refractivity contribution in [2.24, 2.45) is 0 Å². The van der Waals surface area contributed by atoms with Crippen LogP contribution >= 0.6 is 11.8 Å². The predicted octanol–water partition coefficient (Wildman–Crippen LogP) is 4.28. The second kappa shape index (κ2) is 6.95. The van der Waals surface area contributed by atoms with E-state index in [2.05, 4.69) is 0 Å². The maximum atomic E-state index is 13.5. The molecule has 1 fully saturated rings. The Labute approximate surface area is 157 Å². The summed E-state index contributed by atoms with van der Waals surface area (Å²) in [6.07, 6.45) is 0. The Morgan fingerprint density at radius 1 is 1.00 bits per heavy atom. The molecule has 26 heavy (non-hydrogen) atoms. The molecule has 4 nitrogen and oxygen atoms in total. The van der Waals surface area contributed by atoms with E-state index in [0.29, 0.717) is 17.2 Å². The molecule has 1 aliphatic rings. The number of nitrogens with zero attached hydrogens (tertiary/aromatic N) is 1. The van der Waals surface area contributed by atoms with Gasteiger partial charge in [0, 0.05) is 23.2 Å². The molecule has 4 rings (SSSR count). The van der Waals surface area contributed by atoms with Crippen LogP contribution in [0.3, 0.4) is 0 Å². The lowest BCUT2D eigenvalue weighted by Gasteiger charge is -2.25. The molecule has 1 heterocycles. The smallest absolute Gasteiger partial charge is 0.245 e. The minimum absolute atomic E-state index is 0.282. The molecule has 0 saturated carbocycles. The van der Waals surface area contributed by atoms with Gasteiger partial charge in [0.1, 0.15) is 5.75 Å². The van der Waals surface area contributed by atoms with Crippen LogP contribution in [0, 0.1) is 0 Å². The molecule has 3 aromatic carbocycles. The zero-order valence-corrected chi connectivity index (χ0v) is 16.0. The van der Waals surface area contributed by atoms with Crippen LogP contribution in [0.2, 0.25) is 0 Å². The molecular formula is C20H19NO3S2. The molecule has 0 N–H and O–H groups in total. The first-order chi connectivity index (χ1) is 12.6. The highest BCUT2D eigenvalue weighted by atomic mass is 32.2. The zero-order valence-electron chi connectivity index (χ0n) is 14.3. The van der Waals surface area contributed by atoms with E-state index in [0.717, 1.165) is 22.1 Å². The van der Waals surface area contributed by atoms with Crippen LogP contribution in [0.5, 0.6) is 5.75 Å². The van der Waals surface area contributed by atoms with Crippen LogP contribution in [0.4, 0.5) is 0 Å². The highest BCUT2D eigenvalue weighted by Gasteiger charge is 2.38. The molecule has 3 aromatic rings. The van der Waals surface area contributed by atoms with Gasteiger partial charge in [-0.1, -0.05) is 54.6 Å². The van der Waals surface area contributed by atoms with Crippen LogP contribution < -0.4 is 4.74 Å². The van der Waals surface area contributed by atoms with E-state index in [1.54, 1.807) is 35.3 Å². The first-order valence-electron chi connectivity index (χ1n) is 8.37. The van der Waals surface area contributed by atoms with Crippen LogP contribution in [-0.2, 0) is 10.0 Å². The molecule has 0 amide bonds. The minimum Gasteiger partial charge on any atom is -0.496 e. The number of hydrogen-bond donors (Lipinski definition) is 0. The molecule has 0 unspecified atom stereocenters. The van der Waals surface area contributed by atoms with Crippen molar-refractivity contribution in [3.05, 3.63) is 72.3 Å². The van der Waals surface area contributed by atoms with Crippen LogP contribution in [0.25, 0.3) is 10.8 Å². The first kappa shape index (κ1) is 17.4. The lowest BCUT2D eigenvalue weighted by Crippen LogP contribution is -2.30. The maximum Gasteiger partial charge on any atom is 0.245 e. The molecule has 1 saturated heterocycles. The Morgan fingerprint density at radius 3 is 2.58 bits per heavy atom. The van der Waals surface area contributed by atoms with Gasteiger partial charge in [-0.25, -0.2) is 8.42 Å². The fourth-order valence-electron chi connectivity index (χ4n) is 3.36. The highest BCUT2D eigenvalue weighted by Crippen LogP contribution is 2.45. The summed E-state index contributed by atoms with van der Waals surface area (Å²) in [6.45, 7) is 0.485. The molecule has 1 aliphatic heterocycles. The molecule has 0 radical (unpaired) electrons. The van der Waals surface area contributed by atoms with E-state index < -0.39 is 10.0 Å². The molecule has 1 atom stereocenters. The summed E-state index contributed by atoms with van der Waals surface area (Å²) in [4.78, 5) is 0.359. The molecular weight excluding hydrogens is 366 g/mol. The van der Waals surface area contributed by atoms with Gasteiger partial charge in [-0.05, 0) is 17.5 Å². The van der Waals surface area contributed by atoms with E-state index in [-0.39, 0.29) is 5.37 Å². The fraction of sp³-hybridized carbons (Fsp3) is 0.200. The predicted molar refractivity (Wildman–Crippen MR) is 106 cm³/mol. The van der Waals surface area contributed by atoms with Gasteiger partial charge >= 0.3 is 0 Å². The Hall–Kier alpha value is -2.02. The number of hydrogen-bond acceptors (Lipinski definition) is 4. The van der Waals surface area contributed by atoms with E-state index >= 15 is 0 Å². The number of thioether (sulfide) groups is 1. The number of rotatable bonds is 4. The second-order valence-electron chi connectivity index (χ2n) is 6.06. The number of sulfonamides is 1. The van der Waals surface area contributed by atoms with Crippen molar-refractivity contribution in [2.75, 3.05) is 19.4 Å². The molecule has 6 heteroatoms. The SMILES string of the molecule is COc1ccccc1[C@H]1SCCN1S(=O)(=O)c1cccc2ccccc12.